The Bertz CT molecular complexity index is 308. The second-order valence-electron chi connectivity index (χ2n) is 6.45. The van der Waals surface area contributed by atoms with E-state index in [-0.39, 0.29) is 13.0 Å². The third-order valence-electron chi connectivity index (χ3n) is 4.04. The fraction of sp³-hybridized carbons (Fsp3) is 0.944. The summed E-state index contributed by atoms with van der Waals surface area (Å²) >= 11 is 0. The molecule has 0 radical (unpaired) electrons. The lowest BCUT2D eigenvalue weighted by Crippen LogP contribution is -2.41. The van der Waals surface area contributed by atoms with Crippen molar-refractivity contribution in [3.63, 3.8) is 0 Å². The molecule has 0 N–H and O–H groups in total. The molecular formula is C18H37NO6. The topological polar surface area (TPSA) is 77.0 Å². The molecule has 0 spiro atoms. The van der Waals surface area contributed by atoms with Crippen LogP contribution in [-0.2, 0) is 23.7 Å². The highest BCUT2D eigenvalue weighted by Gasteiger charge is 2.24. The average molecular weight is 363 g/mol. The van der Waals surface area contributed by atoms with E-state index in [1.54, 1.807) is 7.11 Å². The Balaban J connectivity index is 0.000000535. The molecule has 1 saturated heterocycles. The summed E-state index contributed by atoms with van der Waals surface area (Å²) in [5.41, 5.74) is 0. The Hall–Kier alpha value is -0.730. The minimum absolute atomic E-state index is 0.0832. The highest BCUT2D eigenvalue weighted by atomic mass is 16.6. The standard InChI is InChI=1S/C10H20O6.C8H18N/c1-13-4-5-15-8-9-16-7-6-14-3-2-10(11)12;1-3-6-9(2)7-4-5-8-9/h2-9H2,1H3,(H,11,12);3-8H2,1-2H3/q;+1/p-1. The predicted octanol–water partition coefficient (Wildman–Crippen LogP) is 0.459. The van der Waals surface area contributed by atoms with Crippen LogP contribution in [0.15, 0.2) is 0 Å². The fourth-order valence-electron chi connectivity index (χ4n) is 2.70. The SMILES string of the molecule is CCC[N+]1(C)CCCC1.COCCOCCOCCOCCC(=O)[O-]. The van der Waals surface area contributed by atoms with E-state index in [0.717, 1.165) is 0 Å². The molecule has 0 atom stereocenters. The Morgan fingerprint density at radius 3 is 1.84 bits per heavy atom. The number of rotatable bonds is 14. The summed E-state index contributed by atoms with van der Waals surface area (Å²) < 4.78 is 21.4. The lowest BCUT2D eigenvalue weighted by molar-refractivity contribution is -0.897. The van der Waals surface area contributed by atoms with Crippen molar-refractivity contribution in [3.05, 3.63) is 0 Å². The van der Waals surface area contributed by atoms with Gasteiger partial charge in [-0.1, -0.05) is 6.92 Å². The number of methoxy groups -OCH3 is 1. The third-order valence-corrected chi connectivity index (χ3v) is 4.04. The Labute approximate surface area is 152 Å². The molecule has 1 aliphatic heterocycles. The summed E-state index contributed by atoms with van der Waals surface area (Å²) in [6.07, 6.45) is 4.17. The van der Waals surface area contributed by atoms with Crippen molar-refractivity contribution in [1.29, 1.82) is 0 Å². The average Bonchev–Trinajstić information content (AvgIpc) is 3.00. The van der Waals surface area contributed by atoms with Gasteiger partial charge in [-0.25, -0.2) is 0 Å². The van der Waals surface area contributed by atoms with E-state index < -0.39 is 5.97 Å². The molecule has 25 heavy (non-hydrogen) atoms. The first kappa shape index (κ1) is 24.3. The van der Waals surface area contributed by atoms with Gasteiger partial charge in [0.1, 0.15) is 0 Å². The van der Waals surface area contributed by atoms with Gasteiger partial charge in [-0.15, -0.1) is 0 Å². The van der Waals surface area contributed by atoms with Crippen LogP contribution in [0.25, 0.3) is 0 Å². The van der Waals surface area contributed by atoms with E-state index in [4.69, 9.17) is 18.9 Å². The van der Waals surface area contributed by atoms with Gasteiger partial charge in [-0.3, -0.25) is 0 Å². The summed E-state index contributed by atoms with van der Waals surface area (Å²) in [6, 6.07) is 0. The van der Waals surface area contributed by atoms with Gasteiger partial charge < -0.3 is 33.3 Å². The lowest BCUT2D eigenvalue weighted by Gasteiger charge is -2.28. The number of quaternary nitrogens is 1. The number of likely N-dealkylation sites (tertiary alicyclic amines) is 1. The normalized spacial score (nSPS) is 15.6. The Morgan fingerprint density at radius 2 is 1.40 bits per heavy atom. The third kappa shape index (κ3) is 16.5. The molecule has 1 rings (SSSR count). The quantitative estimate of drug-likeness (QED) is 0.330. The molecule has 0 saturated carbocycles. The molecule has 0 bridgehead atoms. The fourth-order valence-corrected chi connectivity index (χ4v) is 2.70. The summed E-state index contributed by atoms with van der Waals surface area (Å²) in [4.78, 5) is 10.0. The van der Waals surface area contributed by atoms with Crippen LogP contribution >= 0.6 is 0 Å². The van der Waals surface area contributed by atoms with Crippen LogP contribution in [0.3, 0.4) is 0 Å². The van der Waals surface area contributed by atoms with Crippen LogP contribution in [0.2, 0.25) is 0 Å². The Kier molecular flexibility index (Phi) is 16.2. The van der Waals surface area contributed by atoms with Gasteiger partial charge >= 0.3 is 0 Å². The van der Waals surface area contributed by atoms with Crippen LogP contribution in [0.1, 0.15) is 32.6 Å². The van der Waals surface area contributed by atoms with E-state index >= 15 is 0 Å². The number of carboxylic acid groups (broad SMARTS) is 1. The van der Waals surface area contributed by atoms with Gasteiger partial charge in [0.2, 0.25) is 0 Å². The van der Waals surface area contributed by atoms with E-state index in [9.17, 15) is 9.90 Å². The van der Waals surface area contributed by atoms with Crippen molar-refractivity contribution in [2.75, 3.05) is 80.0 Å². The van der Waals surface area contributed by atoms with Crippen LogP contribution in [0.5, 0.6) is 0 Å². The van der Waals surface area contributed by atoms with Gasteiger partial charge in [-0.2, -0.15) is 0 Å². The maximum atomic E-state index is 10.0. The first-order valence-electron chi connectivity index (χ1n) is 9.29. The van der Waals surface area contributed by atoms with E-state index in [1.807, 2.05) is 0 Å². The van der Waals surface area contributed by atoms with Crippen molar-refractivity contribution < 1.29 is 33.3 Å². The number of carboxylic acids is 1. The Morgan fingerprint density at radius 1 is 0.920 bits per heavy atom. The van der Waals surface area contributed by atoms with Crippen molar-refractivity contribution in [2.45, 2.75) is 32.6 Å². The molecule has 1 heterocycles. The van der Waals surface area contributed by atoms with Crippen LogP contribution in [0, 0.1) is 0 Å². The van der Waals surface area contributed by atoms with Gasteiger partial charge in [0, 0.05) is 32.3 Å². The van der Waals surface area contributed by atoms with E-state index in [2.05, 4.69) is 14.0 Å². The molecule has 0 unspecified atom stereocenters. The molecule has 1 fully saturated rings. The molecule has 0 amide bonds. The molecule has 0 aromatic rings. The van der Waals surface area contributed by atoms with Crippen LogP contribution in [0.4, 0.5) is 0 Å². The zero-order valence-corrected chi connectivity index (χ0v) is 16.3. The predicted molar refractivity (Wildman–Crippen MR) is 94.3 cm³/mol. The second-order valence-corrected chi connectivity index (χ2v) is 6.45. The van der Waals surface area contributed by atoms with Crippen LogP contribution in [-0.4, -0.2) is 90.5 Å². The summed E-state index contributed by atoms with van der Waals surface area (Å²) in [6.45, 7) is 9.63. The minimum atomic E-state index is -1.10. The second kappa shape index (κ2) is 16.7. The van der Waals surface area contributed by atoms with Crippen molar-refractivity contribution in [2.24, 2.45) is 0 Å². The molecule has 7 heteroatoms. The number of hydrogen-bond donors (Lipinski definition) is 0. The van der Waals surface area contributed by atoms with Gasteiger partial charge in [-0.05, 0) is 6.42 Å². The molecular weight excluding hydrogens is 326 g/mol. The monoisotopic (exact) mass is 363 g/mol. The molecule has 0 aromatic carbocycles. The number of carbonyl (C=O) groups excluding carboxylic acids is 1. The van der Waals surface area contributed by atoms with Crippen molar-refractivity contribution in [1.82, 2.24) is 0 Å². The number of hydrogen-bond acceptors (Lipinski definition) is 6. The highest BCUT2D eigenvalue weighted by Crippen LogP contribution is 2.15. The van der Waals surface area contributed by atoms with E-state index in [0.29, 0.717) is 39.6 Å². The molecule has 0 aromatic heterocycles. The summed E-state index contributed by atoms with van der Waals surface area (Å²) in [5, 5.41) is 10.0. The highest BCUT2D eigenvalue weighted by molar-refractivity contribution is 5.64. The molecule has 1 aliphatic rings. The molecule has 150 valence electrons. The van der Waals surface area contributed by atoms with Crippen molar-refractivity contribution >= 4 is 5.97 Å². The number of ether oxygens (including phenoxy) is 4. The minimum Gasteiger partial charge on any atom is -0.550 e. The molecule has 7 nitrogen and oxygen atoms in total. The largest absolute Gasteiger partial charge is 0.550 e. The first-order valence-corrected chi connectivity index (χ1v) is 9.29. The number of carbonyl (C=O) groups is 1. The van der Waals surface area contributed by atoms with Crippen LogP contribution < -0.4 is 5.11 Å². The zero-order chi connectivity index (χ0) is 18.8. The molecule has 0 aliphatic carbocycles. The number of aliphatic carboxylic acids is 1. The van der Waals surface area contributed by atoms with E-state index in [1.165, 1.54) is 43.4 Å². The summed E-state index contributed by atoms with van der Waals surface area (Å²) in [5.74, 6) is -1.10. The van der Waals surface area contributed by atoms with Gasteiger partial charge in [0.05, 0.1) is 72.9 Å². The lowest BCUT2D eigenvalue weighted by atomic mass is 10.4. The van der Waals surface area contributed by atoms with Crippen molar-refractivity contribution in [3.8, 4) is 0 Å². The van der Waals surface area contributed by atoms with Gasteiger partial charge in [0.15, 0.2) is 0 Å². The first-order chi connectivity index (χ1) is 12.0. The zero-order valence-electron chi connectivity index (χ0n) is 16.3. The number of nitrogens with zero attached hydrogens (tertiary/aromatic N) is 1. The smallest absolute Gasteiger partial charge is 0.0786 e. The maximum Gasteiger partial charge on any atom is 0.0786 e. The van der Waals surface area contributed by atoms with Gasteiger partial charge in [0.25, 0.3) is 0 Å². The summed E-state index contributed by atoms with van der Waals surface area (Å²) in [7, 11) is 4.00. The maximum absolute atomic E-state index is 10.0.